The lowest BCUT2D eigenvalue weighted by molar-refractivity contribution is 0.00750. The van der Waals surface area contributed by atoms with Gasteiger partial charge in [-0.25, -0.2) is 8.78 Å². The molecule has 1 aliphatic heterocycles. The molecule has 2 aliphatic rings. The highest BCUT2D eigenvalue weighted by molar-refractivity contribution is 5.11. The largest absolute Gasteiger partial charge is 0.396 e. The van der Waals surface area contributed by atoms with E-state index in [1.807, 2.05) is 4.90 Å². The van der Waals surface area contributed by atoms with E-state index in [4.69, 9.17) is 5.11 Å². The van der Waals surface area contributed by atoms with Crippen LogP contribution in [0.4, 0.5) is 8.78 Å². The Balaban J connectivity index is 1.92. The van der Waals surface area contributed by atoms with E-state index in [-0.39, 0.29) is 13.0 Å². The number of halogens is 2. The summed E-state index contributed by atoms with van der Waals surface area (Å²) < 4.78 is 25.6. The summed E-state index contributed by atoms with van der Waals surface area (Å²) in [5, 5.41) is 8.85. The molecular weight excluding hydrogens is 164 g/mol. The second-order valence-corrected chi connectivity index (χ2v) is 3.95. The van der Waals surface area contributed by atoms with Gasteiger partial charge in [0.25, 0.3) is 5.92 Å². The molecule has 1 unspecified atom stereocenters. The molecule has 1 saturated heterocycles. The quantitative estimate of drug-likeness (QED) is 0.686. The first-order valence-electron chi connectivity index (χ1n) is 4.31. The molecule has 1 atom stereocenters. The third kappa shape index (κ3) is 1.05. The zero-order valence-electron chi connectivity index (χ0n) is 6.89. The lowest BCUT2D eigenvalue weighted by Crippen LogP contribution is -2.43. The number of nitrogens with zero attached hydrogens (tertiary/aromatic N) is 1. The minimum absolute atomic E-state index is 0.132. The van der Waals surface area contributed by atoms with Gasteiger partial charge in [0.1, 0.15) is 0 Å². The van der Waals surface area contributed by atoms with Crippen molar-refractivity contribution in [3.63, 3.8) is 0 Å². The number of aliphatic hydroxyl groups is 1. The minimum atomic E-state index is -2.61. The van der Waals surface area contributed by atoms with E-state index in [9.17, 15) is 8.78 Å². The summed E-state index contributed by atoms with van der Waals surface area (Å²) in [6.45, 7) is 1.82. The van der Waals surface area contributed by atoms with E-state index in [0.717, 1.165) is 19.5 Å². The van der Waals surface area contributed by atoms with Crippen LogP contribution >= 0.6 is 0 Å². The molecule has 70 valence electrons. The van der Waals surface area contributed by atoms with Crippen LogP contribution in [0.1, 0.15) is 12.8 Å². The Bertz CT molecular complexity index is 193. The second kappa shape index (κ2) is 2.39. The Morgan fingerprint density at radius 1 is 1.33 bits per heavy atom. The molecule has 1 N–H and O–H groups in total. The average molecular weight is 177 g/mol. The molecule has 0 aromatic rings. The molecule has 1 aliphatic carbocycles. The van der Waals surface area contributed by atoms with Crippen LogP contribution in [0.5, 0.6) is 0 Å². The summed E-state index contributed by atoms with van der Waals surface area (Å²) in [6, 6.07) is 0. The first-order chi connectivity index (χ1) is 5.60. The summed E-state index contributed by atoms with van der Waals surface area (Å²) in [5.41, 5.74) is -1.09. The molecule has 2 fully saturated rings. The Labute approximate surface area is 70.2 Å². The smallest absolute Gasteiger partial charge is 0.258 e. The van der Waals surface area contributed by atoms with Crippen molar-refractivity contribution in [1.82, 2.24) is 4.90 Å². The molecule has 1 heterocycles. The molecular formula is C8H13F2NO. The summed E-state index contributed by atoms with van der Waals surface area (Å²) in [7, 11) is 0. The van der Waals surface area contributed by atoms with Gasteiger partial charge in [-0.05, 0) is 19.5 Å². The number of likely N-dealkylation sites (tertiary alicyclic amines) is 1. The minimum Gasteiger partial charge on any atom is -0.396 e. The Morgan fingerprint density at radius 3 is 2.17 bits per heavy atom. The van der Waals surface area contributed by atoms with Crippen LogP contribution in [-0.2, 0) is 0 Å². The van der Waals surface area contributed by atoms with Crippen molar-refractivity contribution in [1.29, 1.82) is 0 Å². The zero-order chi connectivity index (χ0) is 8.82. The van der Waals surface area contributed by atoms with Crippen molar-refractivity contribution < 1.29 is 13.9 Å². The number of hydrogen-bond acceptors (Lipinski definition) is 2. The lowest BCUT2D eigenvalue weighted by Gasteiger charge is -2.33. The standard InChI is InChI=1S/C8H13F2NO/c9-8(10)4-7(8,6-12)5-11-2-1-3-11/h12H,1-6H2. The van der Waals surface area contributed by atoms with Crippen LogP contribution in [-0.4, -0.2) is 42.2 Å². The molecule has 12 heavy (non-hydrogen) atoms. The van der Waals surface area contributed by atoms with Gasteiger partial charge >= 0.3 is 0 Å². The van der Waals surface area contributed by atoms with Crippen molar-refractivity contribution in [3.8, 4) is 0 Å². The molecule has 2 nitrogen and oxygen atoms in total. The number of hydrogen-bond donors (Lipinski definition) is 1. The first-order valence-corrected chi connectivity index (χ1v) is 4.31. The SMILES string of the molecule is OCC1(CN2CCC2)CC1(F)F. The van der Waals surface area contributed by atoms with Crippen molar-refractivity contribution in [2.24, 2.45) is 5.41 Å². The number of aliphatic hydroxyl groups excluding tert-OH is 1. The predicted octanol–water partition coefficient (Wildman–Crippen LogP) is 0.710. The molecule has 0 radical (unpaired) electrons. The monoisotopic (exact) mass is 177 g/mol. The molecule has 0 amide bonds. The van der Waals surface area contributed by atoms with Crippen molar-refractivity contribution in [2.75, 3.05) is 26.2 Å². The Morgan fingerprint density at radius 2 is 1.92 bits per heavy atom. The predicted molar refractivity (Wildman–Crippen MR) is 40.1 cm³/mol. The van der Waals surface area contributed by atoms with Crippen LogP contribution in [0.2, 0.25) is 0 Å². The van der Waals surface area contributed by atoms with Gasteiger partial charge in [-0.1, -0.05) is 0 Å². The fourth-order valence-electron chi connectivity index (χ4n) is 1.74. The van der Waals surface area contributed by atoms with Crippen LogP contribution < -0.4 is 0 Å². The van der Waals surface area contributed by atoms with Crippen LogP contribution in [0.25, 0.3) is 0 Å². The van der Waals surface area contributed by atoms with Crippen LogP contribution in [0.3, 0.4) is 0 Å². The third-order valence-electron chi connectivity index (χ3n) is 2.99. The molecule has 4 heteroatoms. The summed E-state index contributed by atoms with van der Waals surface area (Å²) in [5.74, 6) is -2.61. The van der Waals surface area contributed by atoms with Crippen molar-refractivity contribution in [3.05, 3.63) is 0 Å². The van der Waals surface area contributed by atoms with E-state index >= 15 is 0 Å². The number of rotatable bonds is 3. The van der Waals surface area contributed by atoms with E-state index < -0.39 is 11.3 Å². The van der Waals surface area contributed by atoms with E-state index in [1.54, 1.807) is 0 Å². The topological polar surface area (TPSA) is 23.5 Å². The molecule has 2 rings (SSSR count). The summed E-state index contributed by atoms with van der Waals surface area (Å²) in [4.78, 5) is 1.98. The second-order valence-electron chi connectivity index (χ2n) is 3.95. The maximum atomic E-state index is 12.8. The van der Waals surface area contributed by atoms with Gasteiger partial charge in [0.05, 0.1) is 12.0 Å². The van der Waals surface area contributed by atoms with Gasteiger partial charge in [-0.3, -0.25) is 0 Å². The molecule has 0 aromatic heterocycles. The maximum absolute atomic E-state index is 12.8. The van der Waals surface area contributed by atoms with Gasteiger partial charge < -0.3 is 10.0 Å². The van der Waals surface area contributed by atoms with E-state index in [1.165, 1.54) is 0 Å². The van der Waals surface area contributed by atoms with Gasteiger partial charge in [0, 0.05) is 13.0 Å². The normalized spacial score (nSPS) is 39.2. The van der Waals surface area contributed by atoms with E-state index in [2.05, 4.69) is 0 Å². The fraction of sp³-hybridized carbons (Fsp3) is 1.00. The molecule has 1 saturated carbocycles. The van der Waals surface area contributed by atoms with Crippen molar-refractivity contribution >= 4 is 0 Å². The third-order valence-corrected chi connectivity index (χ3v) is 2.99. The van der Waals surface area contributed by atoms with Crippen molar-refractivity contribution in [2.45, 2.75) is 18.8 Å². The Hall–Kier alpha value is -0.220. The first kappa shape index (κ1) is 8.38. The lowest BCUT2D eigenvalue weighted by atomic mass is 10.0. The molecule has 0 aromatic carbocycles. The number of alkyl halides is 2. The summed E-state index contributed by atoms with van der Waals surface area (Å²) in [6.07, 6.45) is 0.972. The average Bonchev–Trinajstić information content (AvgIpc) is 2.46. The molecule has 0 spiro atoms. The highest BCUT2D eigenvalue weighted by Gasteiger charge is 2.71. The fourth-order valence-corrected chi connectivity index (χ4v) is 1.74. The van der Waals surface area contributed by atoms with E-state index in [0.29, 0.717) is 6.54 Å². The van der Waals surface area contributed by atoms with Gasteiger partial charge in [0.2, 0.25) is 0 Å². The van der Waals surface area contributed by atoms with Crippen LogP contribution in [0, 0.1) is 5.41 Å². The van der Waals surface area contributed by atoms with Gasteiger partial charge in [0.15, 0.2) is 0 Å². The zero-order valence-corrected chi connectivity index (χ0v) is 6.89. The van der Waals surface area contributed by atoms with Gasteiger partial charge in [-0.15, -0.1) is 0 Å². The Kier molecular flexibility index (Phi) is 1.67. The summed E-state index contributed by atoms with van der Waals surface area (Å²) >= 11 is 0. The highest BCUT2D eigenvalue weighted by Crippen LogP contribution is 2.60. The maximum Gasteiger partial charge on any atom is 0.258 e. The van der Waals surface area contributed by atoms with Crippen LogP contribution in [0.15, 0.2) is 0 Å². The van der Waals surface area contributed by atoms with Gasteiger partial charge in [-0.2, -0.15) is 0 Å². The molecule has 0 bridgehead atoms. The highest BCUT2D eigenvalue weighted by atomic mass is 19.3.